The molecule has 0 bridgehead atoms. The van der Waals surface area contributed by atoms with E-state index in [1.165, 1.54) is 0 Å². The van der Waals surface area contributed by atoms with Gasteiger partial charge in [0, 0.05) is 18.4 Å². The third-order valence-corrected chi connectivity index (χ3v) is 3.07. The number of hydrogen-bond acceptors (Lipinski definition) is 4. The van der Waals surface area contributed by atoms with Gasteiger partial charge in [0.2, 0.25) is 5.91 Å². The molecule has 0 saturated heterocycles. The second-order valence-corrected chi connectivity index (χ2v) is 4.80. The van der Waals surface area contributed by atoms with E-state index in [1.807, 2.05) is 36.2 Å². The zero-order valence-electron chi connectivity index (χ0n) is 11.7. The zero-order valence-corrected chi connectivity index (χ0v) is 11.7. The number of anilines is 2. The molecular weight excluding hydrogens is 254 g/mol. The summed E-state index contributed by atoms with van der Waals surface area (Å²) in [6.07, 6.45) is 1.63. The Bertz CT molecular complexity index is 549. The number of benzene rings is 1. The van der Waals surface area contributed by atoms with Gasteiger partial charge in [0.15, 0.2) is 0 Å². The van der Waals surface area contributed by atoms with E-state index in [-0.39, 0.29) is 5.91 Å². The van der Waals surface area contributed by atoms with E-state index in [2.05, 4.69) is 0 Å². The van der Waals surface area contributed by atoms with E-state index < -0.39 is 0 Å². The van der Waals surface area contributed by atoms with Crippen LogP contribution in [0.25, 0.3) is 0 Å². The molecule has 1 amide bonds. The summed E-state index contributed by atoms with van der Waals surface area (Å²) in [6.45, 7) is 0.926. The Kier molecular flexibility index (Phi) is 4.42. The normalized spacial score (nSPS) is 10.8. The topological polar surface area (TPSA) is 62.7 Å². The Labute approximate surface area is 118 Å². The van der Waals surface area contributed by atoms with Crippen molar-refractivity contribution in [3.8, 4) is 0 Å². The van der Waals surface area contributed by atoms with Gasteiger partial charge < -0.3 is 15.1 Å². The van der Waals surface area contributed by atoms with Gasteiger partial charge in [-0.15, -0.1) is 0 Å². The van der Waals surface area contributed by atoms with Crippen LogP contribution in [0.15, 0.2) is 47.1 Å². The molecular formula is C15H19N3O2. The fraction of sp³-hybridized carbons (Fsp3) is 0.267. The van der Waals surface area contributed by atoms with Crippen LogP contribution >= 0.6 is 0 Å². The number of rotatable bonds is 5. The van der Waals surface area contributed by atoms with Gasteiger partial charge in [-0.25, -0.2) is 0 Å². The number of carbonyl (C=O) groups is 1. The van der Waals surface area contributed by atoms with Gasteiger partial charge in [-0.3, -0.25) is 9.69 Å². The molecule has 0 radical (unpaired) electrons. The molecule has 0 aliphatic heterocycles. The SMILES string of the molecule is CN(CC(=O)N(C)c1ccc(N)cc1)Cc1ccco1. The lowest BCUT2D eigenvalue weighted by molar-refractivity contribution is -0.119. The Morgan fingerprint density at radius 1 is 1.20 bits per heavy atom. The predicted octanol–water partition coefficient (Wildman–Crippen LogP) is 1.96. The Balaban J connectivity index is 1.92. The smallest absolute Gasteiger partial charge is 0.240 e. The number of likely N-dealkylation sites (N-methyl/N-ethyl adjacent to an activating group) is 2. The average Bonchev–Trinajstić information content (AvgIpc) is 2.91. The number of carbonyl (C=O) groups excluding carboxylic acids is 1. The van der Waals surface area contributed by atoms with Crippen LogP contribution in [0.3, 0.4) is 0 Å². The first-order valence-corrected chi connectivity index (χ1v) is 6.39. The Morgan fingerprint density at radius 2 is 1.90 bits per heavy atom. The second-order valence-electron chi connectivity index (χ2n) is 4.80. The summed E-state index contributed by atoms with van der Waals surface area (Å²) in [5.74, 6) is 0.860. The average molecular weight is 273 g/mol. The summed E-state index contributed by atoms with van der Waals surface area (Å²) >= 11 is 0. The van der Waals surface area contributed by atoms with Crippen LogP contribution in [0.1, 0.15) is 5.76 Å². The molecule has 0 atom stereocenters. The van der Waals surface area contributed by atoms with E-state index in [4.69, 9.17) is 10.2 Å². The molecule has 2 rings (SSSR count). The molecule has 5 heteroatoms. The minimum atomic E-state index is 0.0174. The first kappa shape index (κ1) is 14.1. The molecule has 0 unspecified atom stereocenters. The van der Waals surface area contributed by atoms with Gasteiger partial charge >= 0.3 is 0 Å². The third kappa shape index (κ3) is 3.61. The van der Waals surface area contributed by atoms with Crippen molar-refractivity contribution in [2.45, 2.75) is 6.54 Å². The number of furan rings is 1. The standard InChI is InChI=1S/C15H19N3O2/c1-17(10-14-4-3-9-20-14)11-15(19)18(2)13-7-5-12(16)6-8-13/h3-9H,10-11,16H2,1-2H3. The molecule has 106 valence electrons. The maximum Gasteiger partial charge on any atom is 0.240 e. The van der Waals surface area contributed by atoms with Crippen molar-refractivity contribution < 1.29 is 9.21 Å². The fourth-order valence-corrected chi connectivity index (χ4v) is 1.90. The van der Waals surface area contributed by atoms with Crippen LogP contribution in [-0.4, -0.2) is 31.4 Å². The first-order chi connectivity index (χ1) is 9.56. The van der Waals surface area contributed by atoms with Crippen molar-refractivity contribution in [3.63, 3.8) is 0 Å². The molecule has 0 saturated carbocycles. The molecule has 2 aromatic rings. The molecule has 1 heterocycles. The lowest BCUT2D eigenvalue weighted by atomic mass is 10.2. The van der Waals surface area contributed by atoms with Crippen molar-refractivity contribution in [3.05, 3.63) is 48.4 Å². The monoisotopic (exact) mass is 273 g/mol. The lowest BCUT2D eigenvalue weighted by Gasteiger charge is -2.21. The summed E-state index contributed by atoms with van der Waals surface area (Å²) < 4.78 is 5.26. The van der Waals surface area contributed by atoms with Crippen LogP contribution in [0, 0.1) is 0 Å². The van der Waals surface area contributed by atoms with Crippen LogP contribution < -0.4 is 10.6 Å². The van der Waals surface area contributed by atoms with E-state index in [9.17, 15) is 4.79 Å². The van der Waals surface area contributed by atoms with Crippen LogP contribution in [0.5, 0.6) is 0 Å². The lowest BCUT2D eigenvalue weighted by Crippen LogP contribution is -2.36. The number of nitrogens with two attached hydrogens (primary N) is 1. The number of amides is 1. The molecule has 1 aromatic heterocycles. The van der Waals surface area contributed by atoms with Crippen molar-refractivity contribution >= 4 is 17.3 Å². The molecule has 1 aromatic carbocycles. The number of hydrogen-bond donors (Lipinski definition) is 1. The molecule has 0 spiro atoms. The first-order valence-electron chi connectivity index (χ1n) is 6.39. The van der Waals surface area contributed by atoms with Gasteiger partial charge in [-0.05, 0) is 43.4 Å². The summed E-state index contributed by atoms with van der Waals surface area (Å²) in [6, 6.07) is 11.0. The highest BCUT2D eigenvalue weighted by atomic mass is 16.3. The highest BCUT2D eigenvalue weighted by molar-refractivity contribution is 5.94. The van der Waals surface area contributed by atoms with Crippen molar-refractivity contribution in [1.29, 1.82) is 0 Å². The van der Waals surface area contributed by atoms with Gasteiger partial charge in [0.1, 0.15) is 5.76 Å². The molecule has 0 fully saturated rings. The number of nitrogen functional groups attached to an aromatic ring is 1. The summed E-state index contributed by atoms with van der Waals surface area (Å²) in [5, 5.41) is 0. The molecule has 0 aliphatic carbocycles. The number of nitrogens with zero attached hydrogens (tertiary/aromatic N) is 2. The van der Waals surface area contributed by atoms with Crippen molar-refractivity contribution in [1.82, 2.24) is 4.90 Å². The summed E-state index contributed by atoms with van der Waals surface area (Å²) in [7, 11) is 3.64. The predicted molar refractivity (Wildman–Crippen MR) is 79.3 cm³/mol. The summed E-state index contributed by atoms with van der Waals surface area (Å²) in [5.41, 5.74) is 7.15. The highest BCUT2D eigenvalue weighted by Crippen LogP contribution is 2.15. The van der Waals surface area contributed by atoms with Crippen LogP contribution in [0.4, 0.5) is 11.4 Å². The largest absolute Gasteiger partial charge is 0.468 e. The zero-order chi connectivity index (χ0) is 14.5. The van der Waals surface area contributed by atoms with Crippen LogP contribution in [-0.2, 0) is 11.3 Å². The minimum Gasteiger partial charge on any atom is -0.468 e. The maximum atomic E-state index is 12.2. The summed E-state index contributed by atoms with van der Waals surface area (Å²) in [4.78, 5) is 15.7. The highest BCUT2D eigenvalue weighted by Gasteiger charge is 2.14. The second kappa shape index (κ2) is 6.25. The van der Waals surface area contributed by atoms with Crippen molar-refractivity contribution in [2.75, 3.05) is 31.3 Å². The fourth-order valence-electron chi connectivity index (χ4n) is 1.90. The van der Waals surface area contributed by atoms with Gasteiger partial charge in [0.25, 0.3) is 0 Å². The molecule has 2 N–H and O–H groups in total. The van der Waals surface area contributed by atoms with E-state index in [1.54, 1.807) is 30.3 Å². The van der Waals surface area contributed by atoms with E-state index in [0.717, 1.165) is 11.4 Å². The van der Waals surface area contributed by atoms with Crippen LogP contribution in [0.2, 0.25) is 0 Å². The van der Waals surface area contributed by atoms with Gasteiger partial charge in [0.05, 0.1) is 19.4 Å². The quantitative estimate of drug-likeness (QED) is 0.846. The minimum absolute atomic E-state index is 0.0174. The van der Waals surface area contributed by atoms with E-state index >= 15 is 0 Å². The molecule has 20 heavy (non-hydrogen) atoms. The third-order valence-electron chi connectivity index (χ3n) is 3.07. The Morgan fingerprint density at radius 3 is 2.50 bits per heavy atom. The maximum absolute atomic E-state index is 12.2. The van der Waals surface area contributed by atoms with Crippen molar-refractivity contribution in [2.24, 2.45) is 0 Å². The molecule has 0 aliphatic rings. The van der Waals surface area contributed by atoms with Gasteiger partial charge in [-0.2, -0.15) is 0 Å². The van der Waals surface area contributed by atoms with E-state index in [0.29, 0.717) is 18.8 Å². The van der Waals surface area contributed by atoms with Gasteiger partial charge in [-0.1, -0.05) is 0 Å². The molecule has 5 nitrogen and oxygen atoms in total. The Hall–Kier alpha value is -2.27.